The number of hydrogen-bond acceptors (Lipinski definition) is 2. The zero-order valence-electron chi connectivity index (χ0n) is 12.8. The molecule has 0 saturated carbocycles. The molecule has 112 valence electrons. The summed E-state index contributed by atoms with van der Waals surface area (Å²) >= 11 is 5.93. The van der Waals surface area contributed by atoms with Gasteiger partial charge in [-0.1, -0.05) is 23.7 Å². The molecule has 0 saturated heterocycles. The number of rotatable bonds is 4. The molecule has 0 bridgehead atoms. The SMILES string of the molecule is Cc1cnccc1-c1cn(C)nc1CCc1ccc(Cl)cc1. The summed E-state index contributed by atoms with van der Waals surface area (Å²) in [6.45, 7) is 2.08. The van der Waals surface area contributed by atoms with Crippen LogP contribution in [-0.4, -0.2) is 14.8 Å². The van der Waals surface area contributed by atoms with Gasteiger partial charge >= 0.3 is 0 Å². The maximum atomic E-state index is 5.93. The van der Waals surface area contributed by atoms with Crippen LogP contribution in [0.1, 0.15) is 16.8 Å². The van der Waals surface area contributed by atoms with Crippen molar-refractivity contribution in [1.29, 1.82) is 0 Å². The fourth-order valence-electron chi connectivity index (χ4n) is 2.63. The predicted octanol–water partition coefficient (Wildman–Crippen LogP) is 4.23. The van der Waals surface area contributed by atoms with Crippen molar-refractivity contribution >= 4 is 11.6 Å². The van der Waals surface area contributed by atoms with E-state index in [1.54, 1.807) is 0 Å². The standard InChI is InChI=1S/C18H18ClN3/c1-13-11-20-10-9-16(13)17-12-22(2)21-18(17)8-5-14-3-6-15(19)7-4-14/h3-4,6-7,9-12H,5,8H2,1-2H3. The van der Waals surface area contributed by atoms with E-state index in [9.17, 15) is 0 Å². The Balaban J connectivity index is 1.85. The van der Waals surface area contributed by atoms with Crippen molar-refractivity contribution in [3.8, 4) is 11.1 Å². The minimum absolute atomic E-state index is 0.773. The van der Waals surface area contributed by atoms with Gasteiger partial charge in [-0.15, -0.1) is 0 Å². The third-order valence-electron chi connectivity index (χ3n) is 3.78. The largest absolute Gasteiger partial charge is 0.275 e. The molecule has 2 aromatic heterocycles. The van der Waals surface area contributed by atoms with Crippen molar-refractivity contribution in [3.63, 3.8) is 0 Å². The summed E-state index contributed by atoms with van der Waals surface area (Å²) in [7, 11) is 1.96. The molecular formula is C18H18ClN3. The molecular weight excluding hydrogens is 294 g/mol. The summed E-state index contributed by atoms with van der Waals surface area (Å²) in [5, 5.41) is 5.40. The molecule has 3 aromatic rings. The van der Waals surface area contributed by atoms with Gasteiger partial charge in [-0.05, 0) is 54.7 Å². The van der Waals surface area contributed by atoms with E-state index in [4.69, 9.17) is 11.6 Å². The van der Waals surface area contributed by atoms with E-state index in [-0.39, 0.29) is 0 Å². The molecule has 0 aliphatic heterocycles. The van der Waals surface area contributed by atoms with E-state index in [0.29, 0.717) is 0 Å². The van der Waals surface area contributed by atoms with E-state index in [0.717, 1.165) is 23.6 Å². The highest BCUT2D eigenvalue weighted by molar-refractivity contribution is 6.30. The lowest BCUT2D eigenvalue weighted by molar-refractivity contribution is 0.737. The topological polar surface area (TPSA) is 30.7 Å². The van der Waals surface area contributed by atoms with Gasteiger partial charge in [0.15, 0.2) is 0 Å². The maximum Gasteiger partial charge on any atom is 0.0706 e. The highest BCUT2D eigenvalue weighted by atomic mass is 35.5. The molecule has 0 atom stereocenters. The Labute approximate surface area is 135 Å². The normalized spacial score (nSPS) is 10.9. The summed E-state index contributed by atoms with van der Waals surface area (Å²) in [5.74, 6) is 0. The van der Waals surface area contributed by atoms with Gasteiger partial charge in [-0.25, -0.2) is 0 Å². The van der Waals surface area contributed by atoms with Crippen molar-refractivity contribution in [1.82, 2.24) is 14.8 Å². The van der Waals surface area contributed by atoms with Crippen LogP contribution < -0.4 is 0 Å². The molecule has 0 spiro atoms. The summed E-state index contributed by atoms with van der Waals surface area (Å²) in [6, 6.07) is 10.1. The fraction of sp³-hybridized carbons (Fsp3) is 0.222. The van der Waals surface area contributed by atoms with E-state index >= 15 is 0 Å². The molecule has 4 heteroatoms. The van der Waals surface area contributed by atoms with Gasteiger partial charge in [0.05, 0.1) is 5.69 Å². The molecule has 2 heterocycles. The van der Waals surface area contributed by atoms with Crippen LogP contribution in [0.4, 0.5) is 0 Å². The Morgan fingerprint density at radius 1 is 1.05 bits per heavy atom. The minimum Gasteiger partial charge on any atom is -0.275 e. The molecule has 1 aromatic carbocycles. The second-order valence-corrected chi connectivity index (χ2v) is 5.92. The van der Waals surface area contributed by atoms with E-state index in [1.807, 2.05) is 36.3 Å². The van der Waals surface area contributed by atoms with Gasteiger partial charge in [-0.3, -0.25) is 9.67 Å². The number of hydrogen-bond donors (Lipinski definition) is 0. The first-order valence-corrected chi connectivity index (χ1v) is 7.69. The first-order chi connectivity index (χ1) is 10.6. The molecule has 3 nitrogen and oxygen atoms in total. The number of halogens is 1. The molecule has 0 amide bonds. The summed E-state index contributed by atoms with van der Waals surface area (Å²) in [5.41, 5.74) is 5.95. The molecule has 0 radical (unpaired) electrons. The molecule has 0 fully saturated rings. The Hall–Kier alpha value is -2.13. The third-order valence-corrected chi connectivity index (χ3v) is 4.03. The Bertz CT molecular complexity index is 775. The fourth-order valence-corrected chi connectivity index (χ4v) is 2.76. The molecule has 0 unspecified atom stereocenters. The van der Waals surface area contributed by atoms with Crippen LogP contribution in [0.25, 0.3) is 11.1 Å². The zero-order valence-corrected chi connectivity index (χ0v) is 13.5. The van der Waals surface area contributed by atoms with Crippen LogP contribution in [0, 0.1) is 6.92 Å². The quantitative estimate of drug-likeness (QED) is 0.722. The number of aromatic nitrogens is 3. The van der Waals surface area contributed by atoms with Gasteiger partial charge in [-0.2, -0.15) is 5.10 Å². The van der Waals surface area contributed by atoms with Gasteiger partial charge in [0.2, 0.25) is 0 Å². The van der Waals surface area contributed by atoms with Gasteiger partial charge in [0.1, 0.15) is 0 Å². The summed E-state index contributed by atoms with van der Waals surface area (Å²) in [4.78, 5) is 4.17. The van der Waals surface area contributed by atoms with Crippen LogP contribution in [0.15, 0.2) is 48.9 Å². The van der Waals surface area contributed by atoms with Crippen molar-refractivity contribution in [2.24, 2.45) is 7.05 Å². The number of nitrogens with zero attached hydrogens (tertiary/aromatic N) is 3. The first kappa shape index (κ1) is 14.8. The molecule has 0 aliphatic carbocycles. The van der Waals surface area contributed by atoms with Crippen LogP contribution in [-0.2, 0) is 19.9 Å². The van der Waals surface area contributed by atoms with Gasteiger partial charge in [0, 0.05) is 36.2 Å². The van der Waals surface area contributed by atoms with Crippen molar-refractivity contribution in [2.75, 3.05) is 0 Å². The van der Waals surface area contributed by atoms with E-state index in [1.165, 1.54) is 22.3 Å². The number of aryl methyl sites for hydroxylation is 4. The smallest absolute Gasteiger partial charge is 0.0706 e. The predicted molar refractivity (Wildman–Crippen MR) is 90.0 cm³/mol. The molecule has 0 aliphatic rings. The Morgan fingerprint density at radius 3 is 2.55 bits per heavy atom. The average molecular weight is 312 g/mol. The number of pyridine rings is 1. The minimum atomic E-state index is 0.773. The monoisotopic (exact) mass is 311 g/mol. The second kappa shape index (κ2) is 6.32. The van der Waals surface area contributed by atoms with E-state index in [2.05, 4.69) is 41.4 Å². The Morgan fingerprint density at radius 2 is 1.82 bits per heavy atom. The van der Waals surface area contributed by atoms with Crippen LogP contribution in [0.3, 0.4) is 0 Å². The summed E-state index contributed by atoms with van der Waals surface area (Å²) < 4.78 is 1.88. The molecule has 22 heavy (non-hydrogen) atoms. The summed E-state index contributed by atoms with van der Waals surface area (Å²) in [6.07, 6.45) is 7.66. The third kappa shape index (κ3) is 3.20. The Kier molecular flexibility index (Phi) is 4.25. The van der Waals surface area contributed by atoms with E-state index < -0.39 is 0 Å². The highest BCUT2D eigenvalue weighted by Crippen LogP contribution is 2.26. The van der Waals surface area contributed by atoms with Gasteiger partial charge in [0.25, 0.3) is 0 Å². The first-order valence-electron chi connectivity index (χ1n) is 7.31. The second-order valence-electron chi connectivity index (χ2n) is 5.48. The lowest BCUT2D eigenvalue weighted by atomic mass is 10.00. The van der Waals surface area contributed by atoms with Crippen LogP contribution in [0.5, 0.6) is 0 Å². The molecule has 0 N–H and O–H groups in total. The number of benzene rings is 1. The van der Waals surface area contributed by atoms with Crippen molar-refractivity contribution < 1.29 is 0 Å². The van der Waals surface area contributed by atoms with Crippen LogP contribution >= 0.6 is 11.6 Å². The lowest BCUT2D eigenvalue weighted by Crippen LogP contribution is -1.96. The maximum absolute atomic E-state index is 5.93. The van der Waals surface area contributed by atoms with Crippen LogP contribution in [0.2, 0.25) is 5.02 Å². The average Bonchev–Trinajstić information content (AvgIpc) is 2.88. The van der Waals surface area contributed by atoms with Gasteiger partial charge < -0.3 is 0 Å². The van der Waals surface area contributed by atoms with Crippen molar-refractivity contribution in [3.05, 3.63) is 70.8 Å². The zero-order chi connectivity index (χ0) is 15.5. The lowest BCUT2D eigenvalue weighted by Gasteiger charge is -2.06. The highest BCUT2D eigenvalue weighted by Gasteiger charge is 2.12. The van der Waals surface area contributed by atoms with Crippen molar-refractivity contribution in [2.45, 2.75) is 19.8 Å². The molecule has 3 rings (SSSR count).